The number of ether oxygens (including phenoxy) is 1. The van der Waals surface area contributed by atoms with Gasteiger partial charge in [-0.25, -0.2) is 0 Å². The highest BCUT2D eigenvalue weighted by molar-refractivity contribution is 7.99. The molecule has 2 aliphatic heterocycles. The minimum Gasteiger partial charge on any atom is -0.374 e. The van der Waals surface area contributed by atoms with Crippen LogP contribution in [0, 0.1) is 5.92 Å². The molecule has 3 rings (SSSR count). The van der Waals surface area contributed by atoms with Gasteiger partial charge in [0.15, 0.2) is 0 Å². The second kappa shape index (κ2) is 6.31. The number of benzene rings is 1. The second-order valence-electron chi connectivity index (χ2n) is 6.93. The smallest absolute Gasteiger partial charge is 0.0783 e. The van der Waals surface area contributed by atoms with Crippen LogP contribution in [0.15, 0.2) is 24.3 Å². The fraction of sp³-hybridized carbons (Fsp3) is 0.667. The van der Waals surface area contributed by atoms with Crippen molar-refractivity contribution in [2.45, 2.75) is 50.7 Å². The van der Waals surface area contributed by atoms with Crippen molar-refractivity contribution in [2.24, 2.45) is 11.7 Å². The quantitative estimate of drug-likeness (QED) is 0.912. The summed E-state index contributed by atoms with van der Waals surface area (Å²) in [7, 11) is 0. The Morgan fingerprint density at radius 3 is 2.57 bits per heavy atom. The predicted octanol–water partition coefficient (Wildman–Crippen LogP) is 4.11. The summed E-state index contributed by atoms with van der Waals surface area (Å²) in [5, 5.41) is 0. The third kappa shape index (κ3) is 3.30. The summed E-state index contributed by atoms with van der Waals surface area (Å²) >= 11 is 2.03. The molecule has 2 nitrogen and oxygen atoms in total. The van der Waals surface area contributed by atoms with E-state index < -0.39 is 0 Å². The maximum absolute atomic E-state index is 6.58. The fourth-order valence-corrected chi connectivity index (χ4v) is 4.99. The van der Waals surface area contributed by atoms with Crippen LogP contribution in [0.25, 0.3) is 0 Å². The molecule has 0 aliphatic carbocycles. The van der Waals surface area contributed by atoms with Gasteiger partial charge in [-0.05, 0) is 48.0 Å². The SMILES string of the molecule is CC(C)c1ccc(C(N)C2CCOC3(CCSC3)C2)cc1. The lowest BCUT2D eigenvalue weighted by atomic mass is 9.79. The van der Waals surface area contributed by atoms with Gasteiger partial charge in [0.2, 0.25) is 0 Å². The molecule has 0 amide bonds. The van der Waals surface area contributed by atoms with Gasteiger partial charge in [-0.1, -0.05) is 38.1 Å². The van der Waals surface area contributed by atoms with Gasteiger partial charge in [0.05, 0.1) is 5.60 Å². The first-order valence-electron chi connectivity index (χ1n) is 8.17. The van der Waals surface area contributed by atoms with Gasteiger partial charge in [-0.2, -0.15) is 11.8 Å². The second-order valence-corrected chi connectivity index (χ2v) is 8.04. The maximum Gasteiger partial charge on any atom is 0.0783 e. The molecule has 2 fully saturated rings. The lowest BCUT2D eigenvalue weighted by molar-refractivity contribution is -0.0834. The average Bonchev–Trinajstić information content (AvgIpc) is 2.94. The van der Waals surface area contributed by atoms with Gasteiger partial charge in [0, 0.05) is 18.4 Å². The standard InChI is InChI=1S/C18H27NOS/c1-13(2)14-3-5-15(6-4-14)17(19)16-7-9-20-18(11-16)8-10-21-12-18/h3-6,13,16-17H,7-12,19H2,1-2H3. The van der Waals surface area contributed by atoms with Crippen molar-refractivity contribution in [1.82, 2.24) is 0 Å². The van der Waals surface area contributed by atoms with Gasteiger partial charge < -0.3 is 10.5 Å². The van der Waals surface area contributed by atoms with E-state index in [4.69, 9.17) is 10.5 Å². The Morgan fingerprint density at radius 1 is 1.24 bits per heavy atom. The molecule has 1 aromatic rings. The van der Waals surface area contributed by atoms with Crippen LogP contribution in [0.1, 0.15) is 56.2 Å². The maximum atomic E-state index is 6.58. The van der Waals surface area contributed by atoms with E-state index in [1.165, 1.54) is 23.3 Å². The molecular weight excluding hydrogens is 278 g/mol. The average molecular weight is 305 g/mol. The molecule has 3 heteroatoms. The molecule has 2 heterocycles. The first-order valence-corrected chi connectivity index (χ1v) is 9.32. The van der Waals surface area contributed by atoms with Crippen molar-refractivity contribution in [1.29, 1.82) is 0 Å². The lowest BCUT2D eigenvalue weighted by Gasteiger charge is -2.40. The highest BCUT2D eigenvalue weighted by atomic mass is 32.2. The first-order chi connectivity index (χ1) is 10.1. The summed E-state index contributed by atoms with van der Waals surface area (Å²) in [5.74, 6) is 3.53. The van der Waals surface area contributed by atoms with E-state index in [0.29, 0.717) is 11.8 Å². The van der Waals surface area contributed by atoms with Gasteiger partial charge in [-0.15, -0.1) is 0 Å². The summed E-state index contributed by atoms with van der Waals surface area (Å²) in [6, 6.07) is 9.08. The minimum atomic E-state index is 0.128. The van der Waals surface area contributed by atoms with Crippen LogP contribution < -0.4 is 5.73 Å². The molecule has 2 N–H and O–H groups in total. The van der Waals surface area contributed by atoms with E-state index in [9.17, 15) is 0 Å². The Morgan fingerprint density at radius 2 is 1.95 bits per heavy atom. The summed E-state index contributed by atoms with van der Waals surface area (Å²) < 4.78 is 6.12. The molecular formula is C18H27NOS. The zero-order chi connectivity index (χ0) is 14.9. The third-order valence-corrected chi connectivity index (χ3v) is 6.32. The van der Waals surface area contributed by atoms with Crippen LogP contribution in [-0.2, 0) is 4.74 Å². The van der Waals surface area contributed by atoms with E-state index >= 15 is 0 Å². The van der Waals surface area contributed by atoms with Crippen molar-refractivity contribution in [2.75, 3.05) is 18.1 Å². The van der Waals surface area contributed by atoms with Gasteiger partial charge in [0.25, 0.3) is 0 Å². The van der Waals surface area contributed by atoms with E-state index in [1.54, 1.807) is 0 Å². The topological polar surface area (TPSA) is 35.2 Å². The number of thioether (sulfide) groups is 1. The van der Waals surface area contributed by atoms with E-state index in [2.05, 4.69) is 38.1 Å². The normalized spacial score (nSPS) is 31.0. The van der Waals surface area contributed by atoms with Crippen molar-refractivity contribution >= 4 is 11.8 Å². The molecule has 1 spiro atoms. The van der Waals surface area contributed by atoms with Crippen LogP contribution in [0.3, 0.4) is 0 Å². The van der Waals surface area contributed by atoms with Crippen LogP contribution in [0.5, 0.6) is 0 Å². The summed E-state index contributed by atoms with van der Waals surface area (Å²) in [6.07, 6.45) is 3.43. The van der Waals surface area contributed by atoms with Crippen molar-refractivity contribution in [3.63, 3.8) is 0 Å². The zero-order valence-corrected chi connectivity index (χ0v) is 14.0. The Balaban J connectivity index is 1.70. The van der Waals surface area contributed by atoms with E-state index in [0.717, 1.165) is 25.2 Å². The van der Waals surface area contributed by atoms with Gasteiger partial charge in [-0.3, -0.25) is 0 Å². The predicted molar refractivity (Wildman–Crippen MR) is 90.8 cm³/mol. The molecule has 0 radical (unpaired) electrons. The van der Waals surface area contributed by atoms with Crippen LogP contribution >= 0.6 is 11.8 Å². The highest BCUT2D eigenvalue weighted by Crippen LogP contribution is 2.43. The molecule has 0 bridgehead atoms. The monoisotopic (exact) mass is 305 g/mol. The molecule has 3 atom stereocenters. The summed E-state index contributed by atoms with van der Waals surface area (Å²) in [4.78, 5) is 0. The number of hydrogen-bond donors (Lipinski definition) is 1. The van der Waals surface area contributed by atoms with Crippen LogP contribution in [0.4, 0.5) is 0 Å². The minimum absolute atomic E-state index is 0.128. The molecule has 3 unspecified atom stereocenters. The largest absolute Gasteiger partial charge is 0.374 e. The Kier molecular flexibility index (Phi) is 4.63. The lowest BCUT2D eigenvalue weighted by Crippen LogP contribution is -2.42. The van der Waals surface area contributed by atoms with Crippen LogP contribution in [-0.4, -0.2) is 23.7 Å². The molecule has 2 aliphatic rings. The molecule has 0 saturated carbocycles. The number of hydrogen-bond acceptors (Lipinski definition) is 3. The van der Waals surface area contributed by atoms with Gasteiger partial charge >= 0.3 is 0 Å². The Hall–Kier alpha value is -0.510. The zero-order valence-electron chi connectivity index (χ0n) is 13.2. The molecule has 116 valence electrons. The molecule has 2 saturated heterocycles. The highest BCUT2D eigenvalue weighted by Gasteiger charge is 2.42. The van der Waals surface area contributed by atoms with Gasteiger partial charge in [0.1, 0.15) is 0 Å². The Bertz CT molecular complexity index is 465. The number of nitrogens with two attached hydrogens (primary N) is 1. The third-order valence-electron chi connectivity index (χ3n) is 5.09. The van der Waals surface area contributed by atoms with E-state index in [1.807, 2.05) is 11.8 Å². The fourth-order valence-electron chi connectivity index (χ4n) is 3.61. The van der Waals surface area contributed by atoms with E-state index in [-0.39, 0.29) is 11.6 Å². The van der Waals surface area contributed by atoms with Crippen molar-refractivity contribution in [3.05, 3.63) is 35.4 Å². The summed E-state index contributed by atoms with van der Waals surface area (Å²) in [5.41, 5.74) is 9.39. The Labute approximate surface area is 132 Å². The van der Waals surface area contributed by atoms with Crippen molar-refractivity contribution in [3.8, 4) is 0 Å². The first kappa shape index (κ1) is 15.4. The van der Waals surface area contributed by atoms with Crippen molar-refractivity contribution < 1.29 is 4.74 Å². The molecule has 0 aromatic heterocycles. The molecule has 21 heavy (non-hydrogen) atoms. The summed E-state index contributed by atoms with van der Waals surface area (Å²) in [6.45, 7) is 5.34. The number of rotatable bonds is 3. The molecule has 1 aromatic carbocycles. The van der Waals surface area contributed by atoms with Crippen LogP contribution in [0.2, 0.25) is 0 Å².